The zero-order valence-corrected chi connectivity index (χ0v) is 11.0. The first kappa shape index (κ1) is 13.0. The van der Waals surface area contributed by atoms with E-state index in [1.165, 1.54) is 4.68 Å². The summed E-state index contributed by atoms with van der Waals surface area (Å²) < 4.78 is 3.09. The molecule has 1 N–H and O–H groups in total. The molecule has 0 unspecified atom stereocenters. The first-order chi connectivity index (χ1) is 8.99. The summed E-state index contributed by atoms with van der Waals surface area (Å²) in [5.74, 6) is 1.09. The molecule has 0 aliphatic heterocycles. The average molecular weight is 265 g/mol. The minimum atomic E-state index is -0.427. The molecule has 0 aliphatic carbocycles. The molecule has 102 valence electrons. The van der Waals surface area contributed by atoms with Crippen LogP contribution in [0.15, 0.2) is 6.33 Å². The summed E-state index contributed by atoms with van der Waals surface area (Å²) in [7, 11) is 3.46. The van der Waals surface area contributed by atoms with Crippen molar-refractivity contribution >= 4 is 11.5 Å². The van der Waals surface area contributed by atoms with E-state index < -0.39 is 4.92 Å². The third kappa shape index (κ3) is 2.69. The van der Waals surface area contributed by atoms with Crippen molar-refractivity contribution in [2.45, 2.75) is 13.3 Å². The number of nitrogens with one attached hydrogen (secondary N) is 1. The number of rotatable bonds is 5. The second kappa shape index (κ2) is 5.04. The Hall–Kier alpha value is -2.45. The van der Waals surface area contributed by atoms with Crippen molar-refractivity contribution in [3.63, 3.8) is 0 Å². The van der Waals surface area contributed by atoms with Crippen LogP contribution in [0.5, 0.6) is 0 Å². The topological polar surface area (TPSA) is 104 Å². The summed E-state index contributed by atoms with van der Waals surface area (Å²) in [6.07, 6.45) is 2.20. The van der Waals surface area contributed by atoms with Crippen LogP contribution < -0.4 is 5.32 Å². The Morgan fingerprint density at radius 3 is 2.74 bits per heavy atom. The van der Waals surface area contributed by atoms with Crippen LogP contribution in [-0.2, 0) is 20.5 Å². The van der Waals surface area contributed by atoms with Gasteiger partial charge in [0.2, 0.25) is 5.82 Å². The van der Waals surface area contributed by atoms with E-state index in [4.69, 9.17) is 0 Å². The van der Waals surface area contributed by atoms with Crippen LogP contribution in [0.4, 0.5) is 11.5 Å². The summed E-state index contributed by atoms with van der Waals surface area (Å²) in [6.45, 7) is 2.12. The highest BCUT2D eigenvalue weighted by Crippen LogP contribution is 2.26. The zero-order chi connectivity index (χ0) is 14.0. The summed E-state index contributed by atoms with van der Waals surface area (Å²) in [6, 6.07) is 0. The first-order valence-electron chi connectivity index (χ1n) is 5.75. The highest BCUT2D eigenvalue weighted by molar-refractivity contribution is 5.59. The van der Waals surface area contributed by atoms with Crippen molar-refractivity contribution in [3.8, 4) is 0 Å². The van der Waals surface area contributed by atoms with Gasteiger partial charge in [0.05, 0.1) is 4.92 Å². The molecule has 0 aliphatic rings. The van der Waals surface area contributed by atoms with Crippen LogP contribution in [0.2, 0.25) is 0 Å². The predicted molar refractivity (Wildman–Crippen MR) is 67.8 cm³/mol. The van der Waals surface area contributed by atoms with Gasteiger partial charge in [-0.2, -0.15) is 10.2 Å². The molecule has 0 aromatic carbocycles. The molecular weight excluding hydrogens is 250 g/mol. The van der Waals surface area contributed by atoms with Gasteiger partial charge in [0.25, 0.3) is 0 Å². The van der Waals surface area contributed by atoms with E-state index in [0.29, 0.717) is 30.3 Å². The van der Waals surface area contributed by atoms with E-state index in [2.05, 4.69) is 20.5 Å². The van der Waals surface area contributed by atoms with Crippen LogP contribution in [-0.4, -0.2) is 36.0 Å². The number of hydrogen-bond acceptors (Lipinski definition) is 6. The Balaban J connectivity index is 2.05. The van der Waals surface area contributed by atoms with Crippen molar-refractivity contribution in [1.82, 2.24) is 24.5 Å². The van der Waals surface area contributed by atoms with E-state index in [1.807, 2.05) is 0 Å². The maximum atomic E-state index is 11.0. The third-order valence-electron chi connectivity index (χ3n) is 2.66. The highest BCUT2D eigenvalue weighted by Gasteiger charge is 2.23. The van der Waals surface area contributed by atoms with Gasteiger partial charge in [-0.05, 0) is 6.92 Å². The van der Waals surface area contributed by atoms with Gasteiger partial charge >= 0.3 is 5.69 Å². The lowest BCUT2D eigenvalue weighted by atomic mass is 10.3. The molecule has 9 nitrogen and oxygen atoms in total. The standard InChI is InChI=1S/C10H15N7O2/c1-7-9(17(18)19)10(16(3)13-7)11-5-4-8-12-6-15(2)14-8/h6,11H,4-5H2,1-3H3. The number of aromatic nitrogens is 5. The fraction of sp³-hybridized carbons (Fsp3) is 0.500. The van der Waals surface area contributed by atoms with Crippen molar-refractivity contribution in [2.75, 3.05) is 11.9 Å². The van der Waals surface area contributed by atoms with Gasteiger partial charge in [-0.25, -0.2) is 9.67 Å². The van der Waals surface area contributed by atoms with E-state index in [9.17, 15) is 10.1 Å². The van der Waals surface area contributed by atoms with Crippen LogP contribution in [0, 0.1) is 17.0 Å². The van der Waals surface area contributed by atoms with Gasteiger partial charge in [0, 0.05) is 27.1 Å². The number of hydrogen-bond donors (Lipinski definition) is 1. The fourth-order valence-corrected chi connectivity index (χ4v) is 1.85. The van der Waals surface area contributed by atoms with E-state index in [-0.39, 0.29) is 5.69 Å². The lowest BCUT2D eigenvalue weighted by Gasteiger charge is -2.04. The van der Waals surface area contributed by atoms with Crippen LogP contribution in [0.3, 0.4) is 0 Å². The van der Waals surface area contributed by atoms with E-state index in [0.717, 1.165) is 0 Å². The summed E-state index contributed by atoms with van der Waals surface area (Å²) >= 11 is 0. The largest absolute Gasteiger partial charge is 0.364 e. The van der Waals surface area contributed by atoms with Gasteiger partial charge in [0.15, 0.2) is 5.82 Å². The second-order valence-corrected chi connectivity index (χ2v) is 4.17. The Morgan fingerprint density at radius 1 is 1.42 bits per heavy atom. The maximum absolute atomic E-state index is 11.0. The lowest BCUT2D eigenvalue weighted by Crippen LogP contribution is -2.11. The summed E-state index contributed by atoms with van der Waals surface area (Å²) in [5.41, 5.74) is 0.405. The molecule has 2 aromatic rings. The van der Waals surface area contributed by atoms with Gasteiger partial charge in [-0.1, -0.05) is 0 Å². The Morgan fingerprint density at radius 2 is 2.16 bits per heavy atom. The minimum Gasteiger partial charge on any atom is -0.364 e. The van der Waals surface area contributed by atoms with Gasteiger partial charge < -0.3 is 5.32 Å². The molecule has 2 rings (SSSR count). The Kier molecular flexibility index (Phi) is 3.45. The molecule has 0 atom stereocenters. The van der Waals surface area contributed by atoms with Crippen LogP contribution >= 0.6 is 0 Å². The van der Waals surface area contributed by atoms with E-state index in [1.54, 1.807) is 32.0 Å². The molecule has 9 heteroatoms. The van der Waals surface area contributed by atoms with Crippen LogP contribution in [0.1, 0.15) is 11.5 Å². The minimum absolute atomic E-state index is 0.0106. The zero-order valence-electron chi connectivity index (χ0n) is 11.0. The predicted octanol–water partition coefficient (Wildman–Crippen LogP) is 0.420. The lowest BCUT2D eigenvalue weighted by molar-refractivity contribution is -0.384. The Bertz CT molecular complexity index is 601. The molecular formula is C10H15N7O2. The van der Waals surface area contributed by atoms with Crippen molar-refractivity contribution in [2.24, 2.45) is 14.1 Å². The van der Waals surface area contributed by atoms with Gasteiger partial charge in [0.1, 0.15) is 12.0 Å². The number of aryl methyl sites for hydroxylation is 3. The van der Waals surface area contributed by atoms with Crippen molar-refractivity contribution < 1.29 is 4.92 Å². The molecule has 0 saturated carbocycles. The van der Waals surface area contributed by atoms with E-state index >= 15 is 0 Å². The van der Waals surface area contributed by atoms with Gasteiger partial charge in [-0.3, -0.25) is 14.8 Å². The second-order valence-electron chi connectivity index (χ2n) is 4.17. The van der Waals surface area contributed by atoms with Crippen LogP contribution in [0.25, 0.3) is 0 Å². The molecule has 0 radical (unpaired) electrons. The Labute approximate surface area is 109 Å². The highest BCUT2D eigenvalue weighted by atomic mass is 16.6. The monoisotopic (exact) mass is 265 g/mol. The number of nitrogens with zero attached hydrogens (tertiary/aromatic N) is 6. The quantitative estimate of drug-likeness (QED) is 0.620. The van der Waals surface area contributed by atoms with Crippen molar-refractivity contribution in [1.29, 1.82) is 0 Å². The summed E-state index contributed by atoms with van der Waals surface area (Å²) in [5, 5.41) is 22.2. The molecule has 0 fully saturated rings. The van der Waals surface area contributed by atoms with Crippen molar-refractivity contribution in [3.05, 3.63) is 28.0 Å². The molecule has 0 bridgehead atoms. The fourth-order valence-electron chi connectivity index (χ4n) is 1.85. The molecule has 19 heavy (non-hydrogen) atoms. The van der Waals surface area contributed by atoms with Gasteiger partial charge in [-0.15, -0.1) is 0 Å². The smallest absolute Gasteiger partial charge is 0.333 e. The molecule has 0 saturated heterocycles. The third-order valence-corrected chi connectivity index (χ3v) is 2.66. The maximum Gasteiger partial charge on any atom is 0.333 e. The molecule has 0 spiro atoms. The SMILES string of the molecule is Cc1nn(C)c(NCCc2ncn(C)n2)c1[N+](=O)[O-]. The number of anilines is 1. The number of nitro groups is 1. The average Bonchev–Trinajstić information content (AvgIpc) is 2.84. The molecule has 2 heterocycles. The normalized spacial score (nSPS) is 10.7. The first-order valence-corrected chi connectivity index (χ1v) is 5.75. The summed E-state index contributed by atoms with van der Waals surface area (Å²) in [4.78, 5) is 14.6. The molecule has 0 amide bonds. The molecule has 2 aromatic heterocycles.